The minimum atomic E-state index is 0.384. The van der Waals surface area contributed by atoms with Gasteiger partial charge in [0.1, 0.15) is 0 Å². The Labute approximate surface area is 288 Å². The SMILES string of the molecule is CC1CC(CC2CCC(N)C(C)C2)CCC1N.c1cc(N(CC2CO2)CC2CO2)ccc1Cc1ccc(N(CC2CO2)CC2CO2)cc1. The third-order valence-electron chi connectivity index (χ3n) is 11.7. The lowest BCUT2D eigenvalue weighted by molar-refractivity contribution is 0.169. The number of hydrogen-bond acceptors (Lipinski definition) is 8. The van der Waals surface area contributed by atoms with E-state index in [0.717, 1.165) is 82.7 Å². The van der Waals surface area contributed by atoms with Crippen LogP contribution < -0.4 is 21.3 Å². The highest BCUT2D eigenvalue weighted by Crippen LogP contribution is 2.38. The fourth-order valence-electron chi connectivity index (χ4n) is 8.09. The van der Waals surface area contributed by atoms with Gasteiger partial charge in [-0.05, 0) is 110 Å². The zero-order chi connectivity index (χ0) is 33.0. The summed E-state index contributed by atoms with van der Waals surface area (Å²) in [6, 6.07) is 18.9. The Balaban J connectivity index is 0.000000182. The molecule has 6 fully saturated rings. The predicted molar refractivity (Wildman–Crippen MR) is 193 cm³/mol. The van der Waals surface area contributed by atoms with Crippen molar-refractivity contribution >= 4 is 11.4 Å². The number of anilines is 2. The molecule has 0 aromatic heterocycles. The number of epoxide rings is 4. The molecule has 2 aromatic carbocycles. The Morgan fingerprint density at radius 2 is 0.875 bits per heavy atom. The van der Waals surface area contributed by atoms with Crippen molar-refractivity contribution in [1.29, 1.82) is 0 Å². The molecular formula is C40H60N4O4. The van der Waals surface area contributed by atoms with E-state index in [1.54, 1.807) is 0 Å². The predicted octanol–water partition coefficient (Wildman–Crippen LogP) is 5.39. The van der Waals surface area contributed by atoms with Crippen LogP contribution in [0.4, 0.5) is 11.4 Å². The summed E-state index contributed by atoms with van der Waals surface area (Å²) in [6.07, 6.45) is 11.8. The number of ether oxygens (including phenoxy) is 4. The molecule has 8 heteroatoms. The van der Waals surface area contributed by atoms with Crippen molar-refractivity contribution in [3.63, 3.8) is 0 Å². The summed E-state index contributed by atoms with van der Waals surface area (Å²) in [6.45, 7) is 12.0. The molecule has 4 heterocycles. The van der Waals surface area contributed by atoms with Gasteiger partial charge in [0, 0.05) is 49.6 Å². The number of nitrogens with two attached hydrogens (primary N) is 2. The lowest BCUT2D eigenvalue weighted by atomic mass is 9.71. The molecular weight excluding hydrogens is 600 g/mol. The molecule has 2 aromatic rings. The lowest BCUT2D eigenvalue weighted by Gasteiger charge is -2.37. The molecule has 0 bridgehead atoms. The molecule has 4 saturated heterocycles. The van der Waals surface area contributed by atoms with E-state index in [0.29, 0.717) is 36.5 Å². The highest BCUT2D eigenvalue weighted by Gasteiger charge is 2.33. The fraction of sp³-hybridized carbons (Fsp3) is 0.700. The van der Waals surface area contributed by atoms with Crippen LogP contribution in [0, 0.1) is 23.7 Å². The van der Waals surface area contributed by atoms with Gasteiger partial charge in [-0.15, -0.1) is 0 Å². The van der Waals surface area contributed by atoms with Gasteiger partial charge < -0.3 is 40.2 Å². The van der Waals surface area contributed by atoms with Crippen molar-refractivity contribution < 1.29 is 18.9 Å². The third kappa shape index (κ3) is 10.4. The molecule has 0 amide bonds. The standard InChI is InChI=1S/C25H30N2O4.C15H30N2/c1-5-20(26(10-22-14-28-22)11-23-15-29-23)6-2-18(1)9-19-3-7-21(8-4-19)27(12-24-16-30-24)13-25-17-31-25;1-10-7-12(3-5-14(10)16)9-13-4-6-15(17)11(2)8-13/h1-8,22-25H,9-17H2;10-15H,3-9,16-17H2,1-2H3. The quantitative estimate of drug-likeness (QED) is 0.260. The van der Waals surface area contributed by atoms with E-state index in [1.807, 2.05) is 0 Å². The van der Waals surface area contributed by atoms with Gasteiger partial charge in [0.05, 0.1) is 50.8 Å². The van der Waals surface area contributed by atoms with E-state index in [9.17, 15) is 0 Å². The highest BCUT2D eigenvalue weighted by atomic mass is 16.6. The molecule has 4 aliphatic heterocycles. The summed E-state index contributed by atoms with van der Waals surface area (Å²) in [4.78, 5) is 4.80. The summed E-state index contributed by atoms with van der Waals surface area (Å²) in [5, 5.41) is 0. The van der Waals surface area contributed by atoms with Gasteiger partial charge in [0.25, 0.3) is 0 Å². The van der Waals surface area contributed by atoms with E-state index in [-0.39, 0.29) is 0 Å². The number of hydrogen-bond donors (Lipinski definition) is 2. The molecule has 48 heavy (non-hydrogen) atoms. The molecule has 264 valence electrons. The summed E-state index contributed by atoms with van der Waals surface area (Å²) >= 11 is 0. The second-order valence-electron chi connectivity index (χ2n) is 16.0. The first kappa shape index (κ1) is 34.3. The lowest BCUT2D eigenvalue weighted by Crippen LogP contribution is -2.37. The van der Waals surface area contributed by atoms with Gasteiger partial charge in [-0.2, -0.15) is 0 Å². The van der Waals surface area contributed by atoms with E-state index in [2.05, 4.69) is 72.2 Å². The van der Waals surface area contributed by atoms with Gasteiger partial charge in [-0.3, -0.25) is 0 Å². The summed E-state index contributed by atoms with van der Waals surface area (Å²) in [5.74, 6) is 3.35. The van der Waals surface area contributed by atoms with Gasteiger partial charge in [-0.25, -0.2) is 0 Å². The first-order valence-electron chi connectivity index (χ1n) is 19.0. The van der Waals surface area contributed by atoms with Crippen molar-refractivity contribution in [3.05, 3.63) is 59.7 Å². The maximum atomic E-state index is 6.10. The molecule has 10 atom stereocenters. The van der Waals surface area contributed by atoms with Crippen LogP contribution in [-0.2, 0) is 25.4 Å². The van der Waals surface area contributed by atoms with Crippen molar-refractivity contribution in [2.24, 2.45) is 35.1 Å². The summed E-state index contributed by atoms with van der Waals surface area (Å²) < 4.78 is 21.8. The smallest absolute Gasteiger partial charge is 0.0984 e. The van der Waals surface area contributed by atoms with E-state index in [1.165, 1.54) is 67.4 Å². The Bertz CT molecular complexity index is 1150. The normalized spacial score (nSPS) is 34.8. The summed E-state index contributed by atoms with van der Waals surface area (Å²) in [5.41, 5.74) is 17.4. The maximum absolute atomic E-state index is 6.10. The van der Waals surface area contributed by atoms with Crippen LogP contribution in [0.25, 0.3) is 0 Å². The Kier molecular flexibility index (Phi) is 11.3. The first-order valence-corrected chi connectivity index (χ1v) is 19.0. The van der Waals surface area contributed by atoms with Gasteiger partial charge in [0.2, 0.25) is 0 Å². The van der Waals surface area contributed by atoms with Crippen LogP contribution in [0.5, 0.6) is 0 Å². The average Bonchev–Trinajstić information content (AvgIpc) is 3.89. The first-order chi connectivity index (χ1) is 23.3. The molecule has 2 aliphatic carbocycles. The van der Waals surface area contributed by atoms with E-state index in [4.69, 9.17) is 30.4 Å². The zero-order valence-electron chi connectivity index (χ0n) is 29.4. The van der Waals surface area contributed by atoms with Gasteiger partial charge in [0.15, 0.2) is 0 Å². The fourth-order valence-corrected chi connectivity index (χ4v) is 8.09. The van der Waals surface area contributed by atoms with E-state index < -0.39 is 0 Å². The third-order valence-corrected chi connectivity index (χ3v) is 11.7. The number of nitrogens with zero attached hydrogens (tertiary/aromatic N) is 2. The van der Waals surface area contributed by atoms with Crippen LogP contribution in [0.2, 0.25) is 0 Å². The van der Waals surface area contributed by atoms with Crippen LogP contribution in [0.1, 0.15) is 69.9 Å². The Hall–Kier alpha value is -2.20. The molecule has 2 saturated carbocycles. The van der Waals surface area contributed by atoms with Crippen molar-refractivity contribution in [3.8, 4) is 0 Å². The van der Waals surface area contributed by atoms with Crippen LogP contribution in [0.3, 0.4) is 0 Å². The zero-order valence-corrected chi connectivity index (χ0v) is 29.4. The Morgan fingerprint density at radius 3 is 1.17 bits per heavy atom. The van der Waals surface area contributed by atoms with Crippen molar-refractivity contribution in [2.45, 2.75) is 102 Å². The Morgan fingerprint density at radius 1 is 0.542 bits per heavy atom. The molecule has 0 radical (unpaired) electrons. The van der Waals surface area contributed by atoms with Crippen LogP contribution >= 0.6 is 0 Å². The molecule has 6 aliphatic rings. The van der Waals surface area contributed by atoms with Gasteiger partial charge in [-0.1, -0.05) is 38.1 Å². The van der Waals surface area contributed by atoms with Crippen LogP contribution in [0.15, 0.2) is 48.5 Å². The minimum absolute atomic E-state index is 0.384. The summed E-state index contributed by atoms with van der Waals surface area (Å²) in [7, 11) is 0. The average molecular weight is 661 g/mol. The molecule has 8 rings (SSSR count). The molecule has 0 spiro atoms. The molecule has 10 unspecified atom stereocenters. The monoisotopic (exact) mass is 660 g/mol. The molecule has 4 N–H and O–H groups in total. The van der Waals surface area contributed by atoms with Crippen molar-refractivity contribution in [2.75, 3.05) is 62.4 Å². The second kappa shape index (κ2) is 15.8. The topological polar surface area (TPSA) is 109 Å². The van der Waals surface area contributed by atoms with Gasteiger partial charge >= 0.3 is 0 Å². The molecule has 8 nitrogen and oxygen atoms in total. The second-order valence-corrected chi connectivity index (χ2v) is 16.0. The number of rotatable bonds is 14. The van der Waals surface area contributed by atoms with Crippen molar-refractivity contribution in [1.82, 2.24) is 0 Å². The highest BCUT2D eigenvalue weighted by molar-refractivity contribution is 5.51. The van der Waals surface area contributed by atoms with E-state index >= 15 is 0 Å². The minimum Gasteiger partial charge on any atom is -0.371 e. The largest absolute Gasteiger partial charge is 0.371 e. The maximum Gasteiger partial charge on any atom is 0.0984 e. The van der Waals surface area contributed by atoms with Crippen LogP contribution in [-0.4, -0.2) is 89.1 Å². The number of benzene rings is 2.